The number of ketones is 1. The predicted octanol–water partition coefficient (Wildman–Crippen LogP) is 3.51. The van der Waals surface area contributed by atoms with Crippen LogP contribution < -0.4 is 5.32 Å². The summed E-state index contributed by atoms with van der Waals surface area (Å²) in [6, 6.07) is 7.48. The highest BCUT2D eigenvalue weighted by Gasteiger charge is 2.35. The Hall–Kier alpha value is -1.35. The van der Waals surface area contributed by atoms with Crippen LogP contribution >= 0.6 is 0 Å². The minimum atomic E-state index is -0.139. The first-order valence-electron chi connectivity index (χ1n) is 7.72. The molecule has 1 aliphatic rings. The van der Waals surface area contributed by atoms with Crippen molar-refractivity contribution in [2.24, 2.45) is 0 Å². The van der Waals surface area contributed by atoms with Crippen LogP contribution in [0.3, 0.4) is 0 Å². The number of carbonyl (C=O) groups excluding carboxylic acids is 1. The second-order valence-corrected chi connectivity index (χ2v) is 5.80. The molecule has 1 saturated carbocycles. The Morgan fingerprint density at radius 1 is 1.25 bits per heavy atom. The van der Waals surface area contributed by atoms with Crippen molar-refractivity contribution in [3.8, 4) is 5.75 Å². The number of nitrogens with one attached hydrogen (secondary N) is 1. The molecule has 0 spiro atoms. The number of aromatic hydroxyl groups is 1. The van der Waals surface area contributed by atoms with Gasteiger partial charge in [0.05, 0.1) is 0 Å². The van der Waals surface area contributed by atoms with E-state index in [0.29, 0.717) is 24.4 Å². The topological polar surface area (TPSA) is 49.3 Å². The lowest BCUT2D eigenvalue weighted by molar-refractivity contribution is -0.121. The van der Waals surface area contributed by atoms with Gasteiger partial charge in [-0.05, 0) is 43.5 Å². The minimum Gasteiger partial charge on any atom is -0.508 e. The average Bonchev–Trinajstić information content (AvgIpc) is 2.46. The molecule has 3 heteroatoms. The van der Waals surface area contributed by atoms with Gasteiger partial charge < -0.3 is 10.4 Å². The molecular weight excluding hydrogens is 250 g/mol. The van der Waals surface area contributed by atoms with E-state index >= 15 is 0 Å². The molecule has 0 saturated heterocycles. The number of hydrogen-bond donors (Lipinski definition) is 2. The highest BCUT2D eigenvalue weighted by molar-refractivity contribution is 5.79. The predicted molar refractivity (Wildman–Crippen MR) is 80.8 cm³/mol. The van der Waals surface area contributed by atoms with Crippen LogP contribution in [0.25, 0.3) is 0 Å². The number of carbonyl (C=O) groups is 1. The maximum absolute atomic E-state index is 11.5. The highest BCUT2D eigenvalue weighted by Crippen LogP contribution is 2.37. The lowest BCUT2D eigenvalue weighted by Gasteiger charge is -2.38. The quantitative estimate of drug-likeness (QED) is 0.781. The third kappa shape index (κ3) is 3.60. The van der Waals surface area contributed by atoms with E-state index < -0.39 is 0 Å². The Bertz CT molecular complexity index is 446. The standard InChI is InChI=1S/C17H25NO2/c1-2-3-4-12-18-17(10-8-15(19)9-11-17)14-6-5-7-16(20)13-14/h5-7,13,18,20H,2-4,8-12H2,1H3. The van der Waals surface area contributed by atoms with E-state index in [1.165, 1.54) is 12.8 Å². The Balaban J connectivity index is 2.13. The number of hydrogen-bond acceptors (Lipinski definition) is 3. The molecule has 20 heavy (non-hydrogen) atoms. The van der Waals surface area contributed by atoms with Crippen molar-refractivity contribution in [1.29, 1.82) is 0 Å². The van der Waals surface area contributed by atoms with Crippen LogP contribution in [0.15, 0.2) is 24.3 Å². The summed E-state index contributed by atoms with van der Waals surface area (Å²) in [5.74, 6) is 0.658. The van der Waals surface area contributed by atoms with Crippen molar-refractivity contribution >= 4 is 5.78 Å². The molecule has 0 aromatic heterocycles. The normalized spacial score (nSPS) is 18.1. The zero-order chi connectivity index (χ0) is 14.4. The van der Waals surface area contributed by atoms with Gasteiger partial charge >= 0.3 is 0 Å². The van der Waals surface area contributed by atoms with Gasteiger partial charge in [0.2, 0.25) is 0 Å². The molecular formula is C17H25NO2. The van der Waals surface area contributed by atoms with Crippen molar-refractivity contribution in [3.05, 3.63) is 29.8 Å². The van der Waals surface area contributed by atoms with Crippen molar-refractivity contribution in [2.75, 3.05) is 6.54 Å². The van der Waals surface area contributed by atoms with Gasteiger partial charge in [0.15, 0.2) is 0 Å². The summed E-state index contributed by atoms with van der Waals surface area (Å²) in [7, 11) is 0. The maximum atomic E-state index is 11.5. The third-order valence-corrected chi connectivity index (χ3v) is 4.30. The Kier molecular flexibility index (Phi) is 5.18. The maximum Gasteiger partial charge on any atom is 0.133 e. The Morgan fingerprint density at radius 3 is 2.65 bits per heavy atom. The Labute approximate surface area is 121 Å². The molecule has 2 rings (SSSR count). The van der Waals surface area contributed by atoms with Crippen LogP contribution in [-0.4, -0.2) is 17.4 Å². The first-order chi connectivity index (χ1) is 9.66. The van der Waals surface area contributed by atoms with Gasteiger partial charge in [-0.25, -0.2) is 0 Å². The zero-order valence-corrected chi connectivity index (χ0v) is 12.3. The third-order valence-electron chi connectivity index (χ3n) is 4.30. The molecule has 1 aromatic rings. The molecule has 0 unspecified atom stereocenters. The van der Waals surface area contributed by atoms with Gasteiger partial charge in [-0.3, -0.25) is 4.79 Å². The molecule has 0 atom stereocenters. The van der Waals surface area contributed by atoms with Gasteiger partial charge in [-0.1, -0.05) is 31.9 Å². The second-order valence-electron chi connectivity index (χ2n) is 5.80. The number of benzene rings is 1. The molecule has 110 valence electrons. The van der Waals surface area contributed by atoms with Gasteiger partial charge in [0, 0.05) is 18.4 Å². The number of unbranched alkanes of at least 4 members (excludes halogenated alkanes) is 2. The van der Waals surface area contributed by atoms with Crippen molar-refractivity contribution in [2.45, 2.75) is 57.4 Å². The summed E-state index contributed by atoms with van der Waals surface area (Å²) in [6.45, 7) is 3.17. The van der Waals surface area contributed by atoms with E-state index in [-0.39, 0.29) is 5.54 Å². The fourth-order valence-electron chi connectivity index (χ4n) is 3.03. The molecule has 0 amide bonds. The molecule has 0 heterocycles. The minimum absolute atomic E-state index is 0.139. The molecule has 0 radical (unpaired) electrons. The summed E-state index contributed by atoms with van der Waals surface area (Å²) in [5.41, 5.74) is 0.974. The number of phenols is 1. The zero-order valence-electron chi connectivity index (χ0n) is 12.3. The summed E-state index contributed by atoms with van der Waals surface area (Å²) < 4.78 is 0. The van der Waals surface area contributed by atoms with E-state index in [4.69, 9.17) is 0 Å². The van der Waals surface area contributed by atoms with Crippen LogP contribution in [0.2, 0.25) is 0 Å². The van der Waals surface area contributed by atoms with E-state index in [1.54, 1.807) is 6.07 Å². The van der Waals surface area contributed by atoms with E-state index in [0.717, 1.165) is 31.4 Å². The fourth-order valence-corrected chi connectivity index (χ4v) is 3.03. The SMILES string of the molecule is CCCCCNC1(c2cccc(O)c2)CCC(=O)CC1. The first-order valence-corrected chi connectivity index (χ1v) is 7.72. The van der Waals surface area contributed by atoms with Gasteiger partial charge in [-0.2, -0.15) is 0 Å². The monoisotopic (exact) mass is 275 g/mol. The molecule has 0 aliphatic heterocycles. The fraction of sp³-hybridized carbons (Fsp3) is 0.588. The Morgan fingerprint density at radius 2 is 2.00 bits per heavy atom. The molecule has 1 aromatic carbocycles. The summed E-state index contributed by atoms with van der Waals surface area (Å²) in [4.78, 5) is 11.5. The summed E-state index contributed by atoms with van der Waals surface area (Å²) in [5, 5.41) is 13.4. The number of rotatable bonds is 6. The molecule has 0 bridgehead atoms. The number of phenolic OH excluding ortho intramolecular Hbond substituents is 1. The van der Waals surface area contributed by atoms with Crippen LogP contribution in [0, 0.1) is 0 Å². The second kappa shape index (κ2) is 6.89. The van der Waals surface area contributed by atoms with Crippen molar-refractivity contribution in [3.63, 3.8) is 0 Å². The van der Waals surface area contributed by atoms with Crippen LogP contribution in [0.1, 0.15) is 57.4 Å². The van der Waals surface area contributed by atoms with Gasteiger partial charge in [0.1, 0.15) is 11.5 Å². The lowest BCUT2D eigenvalue weighted by atomic mass is 9.76. The van der Waals surface area contributed by atoms with E-state index in [1.807, 2.05) is 12.1 Å². The molecule has 1 fully saturated rings. The molecule has 2 N–H and O–H groups in total. The summed E-state index contributed by atoms with van der Waals surface area (Å²) >= 11 is 0. The first kappa shape index (κ1) is 15.0. The number of Topliss-reactive ketones (excluding diaryl/α,β-unsaturated/α-hetero) is 1. The average molecular weight is 275 g/mol. The lowest BCUT2D eigenvalue weighted by Crippen LogP contribution is -2.45. The van der Waals surface area contributed by atoms with Crippen LogP contribution in [0.5, 0.6) is 5.75 Å². The molecule has 1 aliphatic carbocycles. The van der Waals surface area contributed by atoms with E-state index in [2.05, 4.69) is 18.3 Å². The molecule has 3 nitrogen and oxygen atoms in total. The van der Waals surface area contributed by atoms with Crippen molar-refractivity contribution in [1.82, 2.24) is 5.32 Å². The smallest absolute Gasteiger partial charge is 0.133 e. The van der Waals surface area contributed by atoms with E-state index in [9.17, 15) is 9.90 Å². The largest absolute Gasteiger partial charge is 0.508 e. The summed E-state index contributed by atoms with van der Waals surface area (Å²) in [6.07, 6.45) is 6.53. The van der Waals surface area contributed by atoms with Crippen LogP contribution in [0.4, 0.5) is 0 Å². The highest BCUT2D eigenvalue weighted by atomic mass is 16.3. The van der Waals surface area contributed by atoms with Crippen LogP contribution in [-0.2, 0) is 10.3 Å². The van der Waals surface area contributed by atoms with Gasteiger partial charge in [-0.15, -0.1) is 0 Å². The van der Waals surface area contributed by atoms with Crippen molar-refractivity contribution < 1.29 is 9.90 Å². The van der Waals surface area contributed by atoms with Gasteiger partial charge in [0.25, 0.3) is 0 Å².